The van der Waals surface area contributed by atoms with Crippen LogP contribution in [0.4, 0.5) is 5.69 Å². The summed E-state index contributed by atoms with van der Waals surface area (Å²) in [6, 6.07) is 13.3. The highest BCUT2D eigenvalue weighted by molar-refractivity contribution is 8.00. The number of ether oxygens (including phenoxy) is 1. The van der Waals surface area contributed by atoms with Crippen LogP contribution in [0.25, 0.3) is 11.1 Å². The highest BCUT2D eigenvalue weighted by Crippen LogP contribution is 2.31. The molecular weight excluding hydrogens is 454 g/mol. The maximum Gasteiger partial charge on any atom is 0.228 e. The molecule has 8 heteroatoms. The zero-order valence-corrected chi connectivity index (χ0v) is 20.9. The molecule has 1 N–H and O–H groups in total. The number of methoxy groups -OCH3 is 1. The topological polar surface area (TPSA) is 53.5 Å². The maximum atomic E-state index is 6.08. The van der Waals surface area contributed by atoms with E-state index in [1.807, 2.05) is 12.3 Å². The molecule has 0 radical (unpaired) electrons. The molecule has 4 rings (SSSR count). The fourth-order valence-corrected chi connectivity index (χ4v) is 4.87. The lowest BCUT2D eigenvalue weighted by Gasteiger charge is -2.36. The molecule has 2 aromatic heterocycles. The Bertz CT molecular complexity index is 1050. The van der Waals surface area contributed by atoms with Crippen molar-refractivity contribution in [2.24, 2.45) is 0 Å². The lowest BCUT2D eigenvalue weighted by Crippen LogP contribution is -2.48. The van der Waals surface area contributed by atoms with Crippen LogP contribution in [0, 0.1) is 0 Å². The highest BCUT2D eigenvalue weighted by Gasteiger charge is 2.18. The summed E-state index contributed by atoms with van der Waals surface area (Å²) < 4.78 is 8.63. The van der Waals surface area contributed by atoms with E-state index < -0.39 is 0 Å². The fraction of sp³-hybridized carbons (Fsp3) is 0.360. The van der Waals surface area contributed by atoms with Crippen molar-refractivity contribution < 1.29 is 4.74 Å². The number of hydrogen-bond donors (Lipinski definition) is 1. The number of anilines is 1. The van der Waals surface area contributed by atoms with Gasteiger partial charge in [-0.25, -0.2) is 4.98 Å². The summed E-state index contributed by atoms with van der Waals surface area (Å²) in [4.78, 5) is 14.5. The van der Waals surface area contributed by atoms with Crippen LogP contribution >= 0.6 is 23.5 Å². The largest absolute Gasteiger partial charge is 0.480 e. The van der Waals surface area contributed by atoms with Crippen molar-refractivity contribution in [1.82, 2.24) is 19.8 Å². The molecule has 3 aromatic rings. The molecule has 1 aliphatic heterocycles. The highest BCUT2D eigenvalue weighted by atomic mass is 35.5. The third-order valence-corrected chi connectivity index (χ3v) is 6.88. The first kappa shape index (κ1) is 23.8. The van der Waals surface area contributed by atoms with E-state index in [0.717, 1.165) is 54.4 Å². The van der Waals surface area contributed by atoms with Crippen molar-refractivity contribution in [3.63, 3.8) is 0 Å². The SMILES string of the molecule is COc1ncc(Cl)cc1SNc1cncc(-c2ccc(CN3CCN(C(C)C)CC3)cc2)c1. The van der Waals surface area contributed by atoms with Crippen molar-refractivity contribution in [2.75, 3.05) is 38.0 Å². The van der Waals surface area contributed by atoms with Crippen molar-refractivity contribution >= 4 is 29.2 Å². The van der Waals surface area contributed by atoms with Crippen molar-refractivity contribution in [1.29, 1.82) is 0 Å². The van der Waals surface area contributed by atoms with Crippen LogP contribution in [0.15, 0.2) is 59.9 Å². The van der Waals surface area contributed by atoms with E-state index in [4.69, 9.17) is 16.3 Å². The third kappa shape index (κ3) is 6.38. The lowest BCUT2D eigenvalue weighted by atomic mass is 10.0. The number of pyridine rings is 2. The van der Waals surface area contributed by atoms with E-state index in [-0.39, 0.29) is 0 Å². The van der Waals surface area contributed by atoms with Crippen LogP contribution < -0.4 is 9.46 Å². The van der Waals surface area contributed by atoms with Crippen LogP contribution in [0.5, 0.6) is 5.88 Å². The van der Waals surface area contributed by atoms with Crippen molar-refractivity contribution in [3.8, 4) is 17.0 Å². The molecule has 3 heterocycles. The van der Waals surface area contributed by atoms with Gasteiger partial charge in [-0.3, -0.25) is 14.8 Å². The molecule has 0 spiro atoms. The number of halogens is 1. The van der Waals surface area contributed by atoms with Crippen molar-refractivity contribution in [2.45, 2.75) is 31.3 Å². The third-order valence-electron chi connectivity index (χ3n) is 5.83. The Morgan fingerprint density at radius 2 is 1.79 bits per heavy atom. The second kappa shape index (κ2) is 11.2. The first-order chi connectivity index (χ1) is 16.0. The first-order valence-corrected chi connectivity index (χ1v) is 12.3. The number of nitrogens with zero attached hydrogens (tertiary/aromatic N) is 4. The Balaban J connectivity index is 1.37. The van der Waals surface area contributed by atoms with Gasteiger partial charge in [-0.2, -0.15) is 0 Å². The smallest absolute Gasteiger partial charge is 0.228 e. The average molecular weight is 484 g/mol. The molecular formula is C25H30ClN5OS. The quantitative estimate of drug-likeness (QED) is 0.427. The van der Waals surface area contributed by atoms with Gasteiger partial charge in [0.25, 0.3) is 0 Å². The summed E-state index contributed by atoms with van der Waals surface area (Å²) in [6.45, 7) is 10.1. The predicted molar refractivity (Wildman–Crippen MR) is 137 cm³/mol. The van der Waals surface area contributed by atoms with E-state index in [2.05, 4.69) is 68.7 Å². The number of benzene rings is 1. The summed E-state index contributed by atoms with van der Waals surface area (Å²) in [6.07, 6.45) is 5.26. The van der Waals surface area contributed by atoms with Crippen LogP contribution in [0.2, 0.25) is 5.02 Å². The van der Waals surface area contributed by atoms with Gasteiger partial charge in [0.15, 0.2) is 0 Å². The average Bonchev–Trinajstić information content (AvgIpc) is 2.84. The summed E-state index contributed by atoms with van der Waals surface area (Å²) in [5.74, 6) is 0.530. The van der Waals surface area contributed by atoms with Gasteiger partial charge in [0.2, 0.25) is 5.88 Å². The van der Waals surface area contributed by atoms with Crippen molar-refractivity contribution in [3.05, 3.63) is 65.6 Å². The van der Waals surface area contributed by atoms with Crippen LogP contribution in [-0.2, 0) is 6.54 Å². The fourth-order valence-electron chi connectivity index (χ4n) is 3.90. The van der Waals surface area contributed by atoms with E-state index in [1.165, 1.54) is 17.5 Å². The Morgan fingerprint density at radius 3 is 2.48 bits per heavy atom. The molecule has 0 unspecified atom stereocenters. The summed E-state index contributed by atoms with van der Waals surface area (Å²) in [5.41, 5.74) is 4.45. The molecule has 1 saturated heterocycles. The summed E-state index contributed by atoms with van der Waals surface area (Å²) in [5, 5.41) is 0.564. The summed E-state index contributed by atoms with van der Waals surface area (Å²) in [7, 11) is 1.59. The number of rotatable bonds is 8. The Labute approximate surface area is 205 Å². The minimum absolute atomic E-state index is 0.530. The minimum Gasteiger partial charge on any atom is -0.480 e. The second-order valence-corrected chi connectivity index (χ2v) is 9.71. The van der Waals surface area contributed by atoms with Gasteiger partial charge in [0.1, 0.15) is 0 Å². The van der Waals surface area contributed by atoms with Gasteiger partial charge >= 0.3 is 0 Å². The zero-order chi connectivity index (χ0) is 23.2. The molecule has 174 valence electrons. The van der Waals surface area contributed by atoms with Crippen LogP contribution in [0.1, 0.15) is 19.4 Å². The van der Waals surface area contributed by atoms with Gasteiger partial charge < -0.3 is 9.46 Å². The zero-order valence-electron chi connectivity index (χ0n) is 19.3. The molecule has 1 aromatic carbocycles. The van der Waals surface area contributed by atoms with Crippen LogP contribution in [0.3, 0.4) is 0 Å². The molecule has 0 aliphatic carbocycles. The maximum absolute atomic E-state index is 6.08. The molecule has 0 saturated carbocycles. The molecule has 6 nitrogen and oxygen atoms in total. The van der Waals surface area contributed by atoms with E-state index in [1.54, 1.807) is 19.5 Å². The van der Waals surface area contributed by atoms with E-state index in [9.17, 15) is 0 Å². The first-order valence-electron chi connectivity index (χ1n) is 11.1. The van der Waals surface area contributed by atoms with E-state index >= 15 is 0 Å². The molecule has 33 heavy (non-hydrogen) atoms. The van der Waals surface area contributed by atoms with Gasteiger partial charge in [0.05, 0.1) is 28.9 Å². The number of nitrogens with one attached hydrogen (secondary N) is 1. The van der Waals surface area contributed by atoms with Gasteiger partial charge in [-0.15, -0.1) is 0 Å². The lowest BCUT2D eigenvalue weighted by molar-refractivity contribution is 0.104. The molecule has 0 atom stereocenters. The molecule has 0 amide bonds. The Morgan fingerprint density at radius 1 is 1.03 bits per heavy atom. The predicted octanol–water partition coefficient (Wildman–Crippen LogP) is 5.45. The van der Waals surface area contributed by atoms with Gasteiger partial charge in [0, 0.05) is 56.7 Å². The normalized spacial score (nSPS) is 15.1. The Hall–Kier alpha value is -2.32. The van der Waals surface area contributed by atoms with Gasteiger partial charge in [-0.05, 0) is 49.1 Å². The molecule has 0 bridgehead atoms. The monoisotopic (exact) mass is 483 g/mol. The van der Waals surface area contributed by atoms with Gasteiger partial charge in [-0.1, -0.05) is 35.9 Å². The van der Waals surface area contributed by atoms with E-state index in [0.29, 0.717) is 16.9 Å². The Kier molecular flexibility index (Phi) is 8.09. The molecule has 1 aliphatic rings. The number of piperazine rings is 1. The second-order valence-electron chi connectivity index (χ2n) is 8.43. The summed E-state index contributed by atoms with van der Waals surface area (Å²) >= 11 is 7.47. The number of hydrogen-bond acceptors (Lipinski definition) is 7. The van der Waals surface area contributed by atoms with Crippen LogP contribution in [-0.4, -0.2) is 59.1 Å². The standard InChI is InChI=1S/C25H30ClN5OS/c1-18(2)31-10-8-30(9-11-31)17-19-4-6-20(7-5-19)21-12-23(16-27-14-21)29-33-24-13-22(26)15-28-25(24)32-3/h4-7,12-16,18,29H,8-11,17H2,1-3H3. The minimum atomic E-state index is 0.530. The molecule has 1 fully saturated rings. The number of aromatic nitrogens is 2.